The van der Waals surface area contributed by atoms with E-state index in [9.17, 15) is 0 Å². The molecule has 3 heteroatoms. The van der Waals surface area contributed by atoms with Crippen molar-refractivity contribution in [2.24, 2.45) is 5.92 Å². The number of ether oxygens (including phenoxy) is 1. The van der Waals surface area contributed by atoms with Gasteiger partial charge in [0.25, 0.3) is 0 Å². The van der Waals surface area contributed by atoms with Gasteiger partial charge in [-0.15, -0.1) is 0 Å². The molecule has 1 aliphatic carbocycles. The van der Waals surface area contributed by atoms with Crippen LogP contribution in [0.25, 0.3) is 0 Å². The zero-order valence-corrected chi connectivity index (χ0v) is 12.0. The first kappa shape index (κ1) is 13.7. The second-order valence-electron chi connectivity index (χ2n) is 5.10. The second kappa shape index (κ2) is 6.44. The molecular formula is C15H22ClNO. The maximum Gasteiger partial charge on any atom is 0.122 e. The largest absolute Gasteiger partial charge is 0.496 e. The van der Waals surface area contributed by atoms with Crippen molar-refractivity contribution in [2.45, 2.75) is 38.1 Å². The summed E-state index contributed by atoms with van der Waals surface area (Å²) in [7, 11) is 3.79. The van der Waals surface area contributed by atoms with Crippen LogP contribution in [0, 0.1) is 5.92 Å². The molecule has 2 nitrogen and oxygen atoms in total. The Morgan fingerprint density at radius 3 is 2.83 bits per heavy atom. The van der Waals surface area contributed by atoms with Gasteiger partial charge in [0.1, 0.15) is 5.75 Å². The van der Waals surface area contributed by atoms with E-state index < -0.39 is 0 Å². The molecule has 1 N–H and O–H groups in total. The van der Waals surface area contributed by atoms with Gasteiger partial charge in [0.15, 0.2) is 0 Å². The molecule has 2 rings (SSSR count). The van der Waals surface area contributed by atoms with Gasteiger partial charge in [-0.2, -0.15) is 0 Å². The van der Waals surface area contributed by atoms with Crippen LogP contribution in [0.15, 0.2) is 18.2 Å². The molecule has 1 saturated carbocycles. The third-order valence-electron chi connectivity index (χ3n) is 4.00. The Kier molecular flexibility index (Phi) is 4.90. The third kappa shape index (κ3) is 3.18. The van der Waals surface area contributed by atoms with Crippen LogP contribution >= 0.6 is 11.6 Å². The number of benzene rings is 1. The predicted molar refractivity (Wildman–Crippen MR) is 76.5 cm³/mol. The topological polar surface area (TPSA) is 21.3 Å². The monoisotopic (exact) mass is 267 g/mol. The third-order valence-corrected chi connectivity index (χ3v) is 4.24. The molecule has 0 bridgehead atoms. The average molecular weight is 268 g/mol. The normalized spacial score (nSPS) is 23.9. The summed E-state index contributed by atoms with van der Waals surface area (Å²) in [5.74, 6) is 1.65. The van der Waals surface area contributed by atoms with Crippen molar-refractivity contribution in [1.82, 2.24) is 5.32 Å². The summed E-state index contributed by atoms with van der Waals surface area (Å²) in [5, 5.41) is 4.25. The first-order valence-corrected chi connectivity index (χ1v) is 7.12. The average Bonchev–Trinajstić information content (AvgIpc) is 2.40. The minimum atomic E-state index is 0.627. The lowest BCUT2D eigenvalue weighted by molar-refractivity contribution is 0.270. The quantitative estimate of drug-likeness (QED) is 0.899. The van der Waals surface area contributed by atoms with Crippen molar-refractivity contribution in [3.63, 3.8) is 0 Å². The maximum atomic E-state index is 6.09. The number of halogens is 1. The molecule has 1 aromatic carbocycles. The van der Waals surface area contributed by atoms with E-state index in [4.69, 9.17) is 16.3 Å². The summed E-state index contributed by atoms with van der Waals surface area (Å²) in [6, 6.07) is 6.53. The van der Waals surface area contributed by atoms with E-state index >= 15 is 0 Å². The van der Waals surface area contributed by atoms with Gasteiger partial charge in [0.2, 0.25) is 0 Å². The Labute approximate surface area is 115 Å². The Morgan fingerprint density at radius 1 is 1.33 bits per heavy atom. The highest BCUT2D eigenvalue weighted by Gasteiger charge is 2.24. The van der Waals surface area contributed by atoms with Crippen LogP contribution < -0.4 is 10.1 Å². The summed E-state index contributed by atoms with van der Waals surface area (Å²) in [6.07, 6.45) is 6.31. The first-order valence-electron chi connectivity index (χ1n) is 6.74. The van der Waals surface area contributed by atoms with Crippen molar-refractivity contribution < 1.29 is 4.74 Å². The van der Waals surface area contributed by atoms with E-state index in [0.717, 1.165) is 17.2 Å². The van der Waals surface area contributed by atoms with Crippen LogP contribution in [-0.4, -0.2) is 20.2 Å². The minimum Gasteiger partial charge on any atom is -0.496 e. The zero-order chi connectivity index (χ0) is 13.0. The van der Waals surface area contributed by atoms with Crippen LogP contribution in [0.3, 0.4) is 0 Å². The van der Waals surface area contributed by atoms with Gasteiger partial charge in [-0.1, -0.05) is 24.4 Å². The molecule has 18 heavy (non-hydrogen) atoms. The highest BCUT2D eigenvalue weighted by molar-refractivity contribution is 6.30. The fourth-order valence-electron chi connectivity index (χ4n) is 3.02. The molecule has 0 amide bonds. The molecule has 0 radical (unpaired) electrons. The fourth-order valence-corrected chi connectivity index (χ4v) is 3.22. The van der Waals surface area contributed by atoms with E-state index in [0.29, 0.717) is 12.0 Å². The lowest BCUT2D eigenvalue weighted by Gasteiger charge is -2.31. The molecule has 0 aliphatic heterocycles. The maximum absolute atomic E-state index is 6.09. The van der Waals surface area contributed by atoms with Gasteiger partial charge < -0.3 is 10.1 Å². The molecule has 0 spiro atoms. The molecular weight excluding hydrogens is 246 g/mol. The Hall–Kier alpha value is -0.730. The SMILES string of the molecule is CNC1CCCCC1Cc1cc(Cl)ccc1OC. The van der Waals surface area contributed by atoms with E-state index in [1.165, 1.54) is 31.2 Å². The first-order chi connectivity index (χ1) is 8.74. The Balaban J connectivity index is 2.14. The predicted octanol–water partition coefficient (Wildman–Crippen LogP) is 3.67. The zero-order valence-electron chi connectivity index (χ0n) is 11.2. The van der Waals surface area contributed by atoms with Crippen molar-refractivity contribution in [3.05, 3.63) is 28.8 Å². The fraction of sp³-hybridized carbons (Fsp3) is 0.600. The van der Waals surface area contributed by atoms with E-state index in [1.54, 1.807) is 7.11 Å². The van der Waals surface area contributed by atoms with E-state index in [-0.39, 0.29) is 0 Å². The summed E-state index contributed by atoms with van der Waals surface area (Å²) >= 11 is 6.09. The molecule has 1 aliphatic rings. The lowest BCUT2D eigenvalue weighted by atomic mass is 9.80. The number of hydrogen-bond acceptors (Lipinski definition) is 2. The van der Waals surface area contributed by atoms with Crippen molar-refractivity contribution >= 4 is 11.6 Å². The van der Waals surface area contributed by atoms with Gasteiger partial charge in [0.05, 0.1) is 7.11 Å². The number of nitrogens with one attached hydrogen (secondary N) is 1. The van der Waals surface area contributed by atoms with E-state index in [2.05, 4.69) is 12.4 Å². The molecule has 0 aromatic heterocycles. The molecule has 100 valence electrons. The van der Waals surface area contributed by atoms with E-state index in [1.807, 2.05) is 18.2 Å². The number of hydrogen-bond donors (Lipinski definition) is 1. The Bertz CT molecular complexity index is 394. The van der Waals surface area contributed by atoms with Crippen molar-refractivity contribution in [2.75, 3.05) is 14.2 Å². The van der Waals surface area contributed by atoms with Gasteiger partial charge in [0, 0.05) is 11.1 Å². The molecule has 0 saturated heterocycles. The highest BCUT2D eigenvalue weighted by atomic mass is 35.5. The second-order valence-corrected chi connectivity index (χ2v) is 5.54. The number of rotatable bonds is 4. The van der Waals surface area contributed by atoms with Gasteiger partial charge in [-0.05, 0) is 56.0 Å². The van der Waals surface area contributed by atoms with Crippen LogP contribution in [0.4, 0.5) is 0 Å². The summed E-state index contributed by atoms with van der Waals surface area (Å²) in [5.41, 5.74) is 1.23. The van der Waals surface area contributed by atoms with Crippen LogP contribution in [0.2, 0.25) is 5.02 Å². The van der Waals surface area contributed by atoms with Crippen molar-refractivity contribution in [3.8, 4) is 5.75 Å². The summed E-state index contributed by atoms with van der Waals surface area (Å²) in [4.78, 5) is 0. The van der Waals surface area contributed by atoms with Crippen LogP contribution in [0.5, 0.6) is 5.75 Å². The minimum absolute atomic E-state index is 0.627. The molecule has 2 unspecified atom stereocenters. The molecule has 1 fully saturated rings. The molecule has 2 atom stereocenters. The van der Waals surface area contributed by atoms with Crippen LogP contribution in [-0.2, 0) is 6.42 Å². The summed E-state index contributed by atoms with van der Waals surface area (Å²) < 4.78 is 5.43. The van der Waals surface area contributed by atoms with Gasteiger partial charge in [-0.3, -0.25) is 0 Å². The Morgan fingerprint density at radius 2 is 2.11 bits per heavy atom. The lowest BCUT2D eigenvalue weighted by Crippen LogP contribution is -2.37. The van der Waals surface area contributed by atoms with Crippen molar-refractivity contribution in [1.29, 1.82) is 0 Å². The smallest absolute Gasteiger partial charge is 0.122 e. The number of methoxy groups -OCH3 is 1. The molecule has 0 heterocycles. The molecule has 1 aromatic rings. The van der Waals surface area contributed by atoms with Gasteiger partial charge in [-0.25, -0.2) is 0 Å². The van der Waals surface area contributed by atoms with Crippen LogP contribution in [0.1, 0.15) is 31.2 Å². The summed E-state index contributed by atoms with van der Waals surface area (Å²) in [6.45, 7) is 0. The highest BCUT2D eigenvalue weighted by Crippen LogP contribution is 2.31. The standard InChI is InChI=1S/C15H22ClNO/c1-17-14-6-4-3-5-11(14)9-12-10-13(16)7-8-15(12)18-2/h7-8,10-11,14,17H,3-6,9H2,1-2H3. The van der Waals surface area contributed by atoms with Gasteiger partial charge >= 0.3 is 0 Å².